The number of aromatic hydroxyl groups is 2. The van der Waals surface area contributed by atoms with Crippen LogP contribution in [0, 0.1) is 0 Å². The second-order valence-electron chi connectivity index (χ2n) is 13.7. The first-order chi connectivity index (χ1) is 23.5. The zero-order chi connectivity index (χ0) is 35.5. The average molecular weight is 686 g/mol. The van der Waals surface area contributed by atoms with E-state index in [0.717, 1.165) is 19.3 Å². The van der Waals surface area contributed by atoms with E-state index in [1.165, 1.54) is 57.4 Å². The van der Waals surface area contributed by atoms with Gasteiger partial charge >= 0.3 is 0 Å². The van der Waals surface area contributed by atoms with Crippen molar-refractivity contribution in [2.24, 2.45) is 0 Å². The Kier molecular flexibility index (Phi) is 12.0. The zero-order valence-corrected chi connectivity index (χ0v) is 28.6. The Labute approximate surface area is 287 Å². The van der Waals surface area contributed by atoms with Gasteiger partial charge in [0.25, 0.3) is 0 Å². The maximum atomic E-state index is 13.9. The van der Waals surface area contributed by atoms with Crippen molar-refractivity contribution in [3.63, 3.8) is 0 Å². The Bertz CT molecular complexity index is 1510. The smallest absolute Gasteiger partial charge is 0.202 e. The summed E-state index contributed by atoms with van der Waals surface area (Å²) in [5, 5.41) is 69.8. The molecule has 0 saturated carbocycles. The molecule has 0 aromatic heterocycles. The van der Waals surface area contributed by atoms with Gasteiger partial charge in [0.2, 0.25) is 5.78 Å². The predicted molar refractivity (Wildman–Crippen MR) is 179 cm³/mol. The summed E-state index contributed by atoms with van der Waals surface area (Å²) in [5.41, 5.74) is -3.09. The second kappa shape index (κ2) is 15.8. The summed E-state index contributed by atoms with van der Waals surface area (Å²) >= 11 is 0. The van der Waals surface area contributed by atoms with Crippen molar-refractivity contribution in [2.45, 2.75) is 127 Å². The standard InChI is InChI=1S/C37H51NO11/c1-4-5-6-7-8-9-10-11-15-38-23-16-27(48-20(2)32(23)41)49-25-18-37(46,26(40)19-39)17-22-29(25)36(45)31-30(34(22)43)33(42)21-13-12-14-24(47-3)28(21)35(31)44/h12-14,20,23,25-27,32,38-41,43,45-46H,4-11,15-19H2,1-3H3/t20-,23+,25-,26-,27-,32+,37+/m1/s1. The Balaban J connectivity index is 1.41. The Morgan fingerprint density at radius 2 is 1.67 bits per heavy atom. The minimum atomic E-state index is -2.04. The van der Waals surface area contributed by atoms with Crippen molar-refractivity contribution < 1.29 is 54.4 Å². The number of fused-ring (bicyclic) bond motifs is 3. The van der Waals surface area contributed by atoms with Crippen LogP contribution < -0.4 is 10.1 Å². The van der Waals surface area contributed by atoms with E-state index in [-0.39, 0.29) is 40.8 Å². The zero-order valence-electron chi connectivity index (χ0n) is 28.6. The fourth-order valence-corrected chi connectivity index (χ4v) is 7.56. The largest absolute Gasteiger partial charge is 0.507 e. The SMILES string of the molecule is CCCCCCCCCCN[C@H]1C[C@@H](O[C@@H]2C[C@](O)([C@H](O)CO)Cc3c(O)c4c(c(O)c32)C(=O)c2c(OC)cccc2C4=O)O[C@H](C)[C@@H]1O. The number of methoxy groups -OCH3 is 1. The quantitative estimate of drug-likeness (QED) is 0.0910. The van der Waals surface area contributed by atoms with Crippen molar-refractivity contribution in [1.29, 1.82) is 0 Å². The molecule has 2 aromatic rings. The van der Waals surface area contributed by atoms with Crippen LogP contribution in [0.5, 0.6) is 17.2 Å². The highest BCUT2D eigenvalue weighted by Gasteiger charge is 2.50. The number of aliphatic hydroxyl groups excluding tert-OH is 3. The maximum absolute atomic E-state index is 13.9. The van der Waals surface area contributed by atoms with Gasteiger partial charge < -0.3 is 50.2 Å². The lowest BCUT2D eigenvalue weighted by atomic mass is 9.71. The number of ether oxygens (including phenoxy) is 3. The molecule has 270 valence electrons. The lowest BCUT2D eigenvalue weighted by Crippen LogP contribution is -2.55. The molecule has 12 heteroatoms. The molecule has 5 rings (SSSR count). The summed E-state index contributed by atoms with van der Waals surface area (Å²) < 4.78 is 17.7. The molecule has 0 bridgehead atoms. The van der Waals surface area contributed by atoms with Gasteiger partial charge in [0.1, 0.15) is 23.4 Å². The van der Waals surface area contributed by atoms with Crippen LogP contribution in [0.3, 0.4) is 0 Å². The van der Waals surface area contributed by atoms with Crippen molar-refractivity contribution in [3.8, 4) is 17.2 Å². The molecule has 0 amide bonds. The van der Waals surface area contributed by atoms with Crippen LogP contribution in [-0.4, -0.2) is 98.7 Å². The number of aliphatic hydroxyl groups is 4. The van der Waals surface area contributed by atoms with Gasteiger partial charge in [-0.3, -0.25) is 9.59 Å². The average Bonchev–Trinajstić information content (AvgIpc) is 3.08. The van der Waals surface area contributed by atoms with Crippen LogP contribution in [0.1, 0.15) is 127 Å². The highest BCUT2D eigenvalue weighted by molar-refractivity contribution is 6.31. The van der Waals surface area contributed by atoms with Crippen molar-refractivity contribution >= 4 is 11.6 Å². The van der Waals surface area contributed by atoms with Crippen LogP contribution in [0.15, 0.2) is 18.2 Å². The van der Waals surface area contributed by atoms with Gasteiger partial charge in [-0.2, -0.15) is 0 Å². The molecule has 7 N–H and O–H groups in total. The van der Waals surface area contributed by atoms with Crippen LogP contribution in [-0.2, 0) is 15.9 Å². The van der Waals surface area contributed by atoms with E-state index >= 15 is 0 Å². The van der Waals surface area contributed by atoms with E-state index in [9.17, 15) is 40.2 Å². The number of unbranched alkanes of at least 4 members (excludes halogenated alkanes) is 7. The molecule has 7 atom stereocenters. The molecule has 49 heavy (non-hydrogen) atoms. The van der Waals surface area contributed by atoms with Crippen LogP contribution in [0.2, 0.25) is 0 Å². The molecule has 1 aliphatic heterocycles. The third-order valence-corrected chi connectivity index (χ3v) is 10.4. The number of benzene rings is 2. The molecule has 1 heterocycles. The summed E-state index contributed by atoms with van der Waals surface area (Å²) in [4.78, 5) is 27.6. The third-order valence-electron chi connectivity index (χ3n) is 10.4. The molecular formula is C37H51NO11. The monoisotopic (exact) mass is 685 g/mol. The van der Waals surface area contributed by atoms with Crippen LogP contribution in [0.25, 0.3) is 0 Å². The minimum Gasteiger partial charge on any atom is -0.507 e. The third kappa shape index (κ3) is 7.37. The summed E-state index contributed by atoms with van der Waals surface area (Å²) in [6.07, 6.45) is 3.42. The highest BCUT2D eigenvalue weighted by atomic mass is 16.7. The lowest BCUT2D eigenvalue weighted by Gasteiger charge is -2.44. The molecule has 1 fully saturated rings. The van der Waals surface area contributed by atoms with Crippen molar-refractivity contribution in [1.82, 2.24) is 5.32 Å². The Morgan fingerprint density at radius 1 is 1.00 bits per heavy atom. The highest BCUT2D eigenvalue weighted by Crippen LogP contribution is 2.53. The number of carbonyl (C=O) groups excluding carboxylic acids is 2. The Hall–Kier alpha value is -3.10. The number of carbonyl (C=O) groups is 2. The fourth-order valence-electron chi connectivity index (χ4n) is 7.56. The summed E-state index contributed by atoms with van der Waals surface area (Å²) in [5.74, 6) is -2.57. The summed E-state index contributed by atoms with van der Waals surface area (Å²) in [6, 6.07) is 4.08. The summed E-state index contributed by atoms with van der Waals surface area (Å²) in [6.45, 7) is 3.79. The van der Waals surface area contributed by atoms with Gasteiger partial charge in [0.15, 0.2) is 12.1 Å². The summed E-state index contributed by atoms with van der Waals surface area (Å²) in [7, 11) is 1.35. The molecule has 2 aromatic carbocycles. The number of phenolic OH excluding ortho intramolecular Hbond substituents is 2. The van der Waals surface area contributed by atoms with Gasteiger partial charge in [-0.05, 0) is 26.0 Å². The van der Waals surface area contributed by atoms with E-state index in [2.05, 4.69) is 12.2 Å². The second-order valence-corrected chi connectivity index (χ2v) is 13.7. The number of ketones is 2. The molecule has 0 spiro atoms. The molecule has 2 aliphatic carbocycles. The molecule has 0 unspecified atom stereocenters. The molecule has 12 nitrogen and oxygen atoms in total. The first-order valence-corrected chi connectivity index (χ1v) is 17.6. The number of phenols is 2. The normalized spacial score (nSPS) is 27.0. The van der Waals surface area contributed by atoms with Crippen molar-refractivity contribution in [2.75, 3.05) is 20.3 Å². The van der Waals surface area contributed by atoms with E-state index in [1.807, 2.05) is 0 Å². The maximum Gasteiger partial charge on any atom is 0.202 e. The van der Waals surface area contributed by atoms with Gasteiger partial charge in [-0.25, -0.2) is 0 Å². The molecule has 1 saturated heterocycles. The number of hydrogen-bond donors (Lipinski definition) is 7. The van der Waals surface area contributed by atoms with Gasteiger partial charge in [-0.1, -0.05) is 64.0 Å². The van der Waals surface area contributed by atoms with E-state index < -0.39 is 89.6 Å². The number of hydrogen-bond acceptors (Lipinski definition) is 12. The fraction of sp³-hybridized carbons (Fsp3) is 0.622. The van der Waals surface area contributed by atoms with E-state index in [0.29, 0.717) is 6.54 Å². The van der Waals surface area contributed by atoms with E-state index in [1.54, 1.807) is 6.92 Å². The first kappa shape index (κ1) is 37.2. The number of rotatable bonds is 15. The number of nitrogens with one attached hydrogen (secondary N) is 1. The van der Waals surface area contributed by atoms with Crippen molar-refractivity contribution in [3.05, 3.63) is 51.6 Å². The first-order valence-electron chi connectivity index (χ1n) is 17.6. The Morgan fingerprint density at radius 3 is 2.35 bits per heavy atom. The van der Waals surface area contributed by atoms with Gasteiger partial charge in [0, 0.05) is 42.0 Å². The van der Waals surface area contributed by atoms with E-state index in [4.69, 9.17) is 14.2 Å². The predicted octanol–water partition coefficient (Wildman–Crippen LogP) is 3.56. The molecule has 0 radical (unpaired) electrons. The minimum absolute atomic E-state index is 0.0190. The molecular weight excluding hydrogens is 634 g/mol. The van der Waals surface area contributed by atoms with Crippen LogP contribution >= 0.6 is 0 Å². The lowest BCUT2D eigenvalue weighted by molar-refractivity contribution is -0.253. The van der Waals surface area contributed by atoms with Gasteiger partial charge in [0.05, 0.1) is 54.3 Å². The van der Waals surface area contributed by atoms with Crippen LogP contribution in [0.4, 0.5) is 0 Å². The van der Waals surface area contributed by atoms with Gasteiger partial charge in [-0.15, -0.1) is 0 Å². The topological polar surface area (TPSA) is 195 Å². The molecule has 3 aliphatic rings.